The van der Waals surface area contributed by atoms with Crippen LogP contribution in [-0.2, 0) is 24.2 Å². The molecule has 2 aromatic rings. The molecule has 0 bridgehead atoms. The Labute approximate surface area is 126 Å². The lowest BCUT2D eigenvalue weighted by Crippen LogP contribution is -2.17. The predicted octanol–water partition coefficient (Wildman–Crippen LogP) is 3.20. The van der Waals surface area contributed by atoms with Crippen LogP contribution in [0.5, 0.6) is 0 Å². The number of aryl methyl sites for hydroxylation is 2. The van der Waals surface area contributed by atoms with Gasteiger partial charge in [-0.25, -0.2) is 0 Å². The van der Waals surface area contributed by atoms with Gasteiger partial charge in [0.2, 0.25) is 5.91 Å². The number of amides is 1. The summed E-state index contributed by atoms with van der Waals surface area (Å²) >= 11 is 0. The number of benzene rings is 2. The summed E-state index contributed by atoms with van der Waals surface area (Å²) in [5.41, 5.74) is 10.9. The molecule has 0 spiro atoms. The first kappa shape index (κ1) is 15.3. The number of nitrogens with two attached hydrogens (primary N) is 1. The summed E-state index contributed by atoms with van der Waals surface area (Å²) in [5, 5.41) is 3.05. The van der Waals surface area contributed by atoms with Gasteiger partial charge >= 0.3 is 0 Å². The number of para-hydroxylation sites is 1. The average Bonchev–Trinajstić information content (AvgIpc) is 2.49. The van der Waals surface area contributed by atoms with Gasteiger partial charge in [-0.2, -0.15) is 0 Å². The van der Waals surface area contributed by atoms with Crippen LogP contribution in [0.25, 0.3) is 0 Å². The summed E-state index contributed by atoms with van der Waals surface area (Å²) in [6.07, 6.45) is 1.25. The van der Waals surface area contributed by atoms with Crippen molar-refractivity contribution >= 4 is 11.6 Å². The van der Waals surface area contributed by atoms with Crippen molar-refractivity contribution in [2.45, 2.75) is 33.2 Å². The van der Waals surface area contributed by atoms with Crippen molar-refractivity contribution < 1.29 is 4.79 Å². The topological polar surface area (TPSA) is 55.1 Å². The van der Waals surface area contributed by atoms with Crippen molar-refractivity contribution in [2.24, 2.45) is 5.73 Å². The number of carbonyl (C=O) groups is 1. The lowest BCUT2D eigenvalue weighted by atomic mass is 10.0. The lowest BCUT2D eigenvalue weighted by molar-refractivity contribution is -0.115. The minimum Gasteiger partial charge on any atom is -0.326 e. The van der Waals surface area contributed by atoms with Gasteiger partial charge in [-0.15, -0.1) is 0 Å². The molecule has 2 rings (SSSR count). The normalized spacial score (nSPS) is 10.4. The fraction of sp³-hybridized carbons (Fsp3) is 0.278. The van der Waals surface area contributed by atoms with Crippen LogP contribution in [0.1, 0.15) is 29.2 Å². The van der Waals surface area contributed by atoms with Crippen LogP contribution in [0.4, 0.5) is 5.69 Å². The van der Waals surface area contributed by atoms with Gasteiger partial charge in [0.05, 0.1) is 6.42 Å². The average molecular weight is 282 g/mol. The second-order valence-corrected chi connectivity index (χ2v) is 5.16. The number of hydrogen-bond acceptors (Lipinski definition) is 2. The Morgan fingerprint density at radius 2 is 1.71 bits per heavy atom. The fourth-order valence-corrected chi connectivity index (χ4v) is 2.49. The highest BCUT2D eigenvalue weighted by Gasteiger charge is 2.10. The molecule has 3 N–H and O–H groups in total. The zero-order valence-electron chi connectivity index (χ0n) is 12.6. The Hall–Kier alpha value is -2.13. The molecule has 0 atom stereocenters. The third-order valence-corrected chi connectivity index (χ3v) is 3.69. The molecule has 2 aromatic carbocycles. The molecule has 3 heteroatoms. The first-order valence-corrected chi connectivity index (χ1v) is 7.31. The molecule has 1 amide bonds. The summed E-state index contributed by atoms with van der Waals surface area (Å²) in [6, 6.07) is 13.9. The maximum atomic E-state index is 12.3. The quantitative estimate of drug-likeness (QED) is 0.885. The van der Waals surface area contributed by atoms with Crippen LogP contribution in [0, 0.1) is 6.92 Å². The van der Waals surface area contributed by atoms with Crippen LogP contribution in [0.3, 0.4) is 0 Å². The number of hydrogen-bond donors (Lipinski definition) is 2. The molecule has 0 saturated heterocycles. The standard InChI is InChI=1S/C18H22N2O/c1-3-14-10-6-7-13(2)18(14)20-17(21)11-15-8-4-5-9-16(15)12-19/h4-10H,3,11-12,19H2,1-2H3,(H,20,21). The van der Waals surface area contributed by atoms with Gasteiger partial charge in [0, 0.05) is 12.2 Å². The molecule has 3 nitrogen and oxygen atoms in total. The number of carbonyl (C=O) groups excluding carboxylic acids is 1. The smallest absolute Gasteiger partial charge is 0.228 e. The van der Waals surface area contributed by atoms with Gasteiger partial charge in [0.15, 0.2) is 0 Å². The van der Waals surface area contributed by atoms with Crippen molar-refractivity contribution in [3.05, 3.63) is 64.7 Å². The highest BCUT2D eigenvalue weighted by molar-refractivity contribution is 5.94. The maximum Gasteiger partial charge on any atom is 0.228 e. The second kappa shape index (κ2) is 7.04. The molecule has 0 fully saturated rings. The van der Waals surface area contributed by atoms with E-state index < -0.39 is 0 Å². The van der Waals surface area contributed by atoms with E-state index in [1.54, 1.807) is 0 Å². The molecule has 0 radical (unpaired) electrons. The Morgan fingerprint density at radius 1 is 1.05 bits per heavy atom. The first-order chi connectivity index (χ1) is 10.2. The third-order valence-electron chi connectivity index (χ3n) is 3.69. The van der Waals surface area contributed by atoms with Crippen LogP contribution in [-0.4, -0.2) is 5.91 Å². The molecule has 0 unspecified atom stereocenters. The minimum absolute atomic E-state index is 0.0000926. The fourth-order valence-electron chi connectivity index (χ4n) is 2.49. The monoisotopic (exact) mass is 282 g/mol. The van der Waals surface area contributed by atoms with Gasteiger partial charge in [-0.05, 0) is 35.6 Å². The molecule has 0 aliphatic rings. The molecule has 0 heterocycles. The van der Waals surface area contributed by atoms with E-state index in [0.29, 0.717) is 13.0 Å². The first-order valence-electron chi connectivity index (χ1n) is 7.31. The van der Waals surface area contributed by atoms with E-state index in [0.717, 1.165) is 34.4 Å². The van der Waals surface area contributed by atoms with Crippen LogP contribution < -0.4 is 11.1 Å². The third kappa shape index (κ3) is 3.70. The zero-order chi connectivity index (χ0) is 15.2. The highest BCUT2D eigenvalue weighted by atomic mass is 16.1. The van der Waals surface area contributed by atoms with Crippen LogP contribution in [0.15, 0.2) is 42.5 Å². The van der Waals surface area contributed by atoms with Crippen molar-refractivity contribution in [1.82, 2.24) is 0 Å². The van der Waals surface area contributed by atoms with Crippen LogP contribution in [0.2, 0.25) is 0 Å². The summed E-state index contributed by atoms with van der Waals surface area (Å²) < 4.78 is 0. The Morgan fingerprint density at radius 3 is 2.38 bits per heavy atom. The summed E-state index contributed by atoms with van der Waals surface area (Å²) in [7, 11) is 0. The molecule has 0 aromatic heterocycles. The Kier molecular flexibility index (Phi) is 5.12. The van der Waals surface area contributed by atoms with E-state index in [2.05, 4.69) is 18.3 Å². The molecule has 21 heavy (non-hydrogen) atoms. The molecule has 0 aliphatic carbocycles. The predicted molar refractivity (Wildman–Crippen MR) is 87.2 cm³/mol. The van der Waals surface area contributed by atoms with Crippen LogP contribution >= 0.6 is 0 Å². The lowest BCUT2D eigenvalue weighted by Gasteiger charge is -2.14. The summed E-state index contributed by atoms with van der Waals surface area (Å²) in [4.78, 5) is 12.3. The van der Waals surface area contributed by atoms with Gasteiger partial charge in [0.1, 0.15) is 0 Å². The maximum absolute atomic E-state index is 12.3. The molecule has 110 valence electrons. The number of nitrogens with one attached hydrogen (secondary N) is 1. The van der Waals surface area contributed by atoms with E-state index in [9.17, 15) is 4.79 Å². The highest BCUT2D eigenvalue weighted by Crippen LogP contribution is 2.21. The molecule has 0 saturated carbocycles. The zero-order valence-corrected chi connectivity index (χ0v) is 12.6. The van der Waals surface area contributed by atoms with Crippen molar-refractivity contribution in [1.29, 1.82) is 0 Å². The molecule has 0 aliphatic heterocycles. The summed E-state index contributed by atoms with van der Waals surface area (Å²) in [6.45, 7) is 4.56. The molecular formula is C18H22N2O. The number of anilines is 1. The van der Waals surface area contributed by atoms with Gasteiger partial charge in [-0.3, -0.25) is 4.79 Å². The number of rotatable bonds is 5. The summed E-state index contributed by atoms with van der Waals surface area (Å²) in [5.74, 6) is -0.0000926. The molecular weight excluding hydrogens is 260 g/mol. The van der Waals surface area contributed by atoms with Crippen molar-refractivity contribution in [2.75, 3.05) is 5.32 Å². The van der Waals surface area contributed by atoms with E-state index >= 15 is 0 Å². The largest absolute Gasteiger partial charge is 0.326 e. The minimum atomic E-state index is -0.0000926. The van der Waals surface area contributed by atoms with Crippen molar-refractivity contribution in [3.8, 4) is 0 Å². The van der Waals surface area contributed by atoms with E-state index in [-0.39, 0.29) is 5.91 Å². The van der Waals surface area contributed by atoms with Gasteiger partial charge in [0.25, 0.3) is 0 Å². The second-order valence-electron chi connectivity index (χ2n) is 5.16. The van der Waals surface area contributed by atoms with E-state index in [4.69, 9.17) is 5.73 Å². The van der Waals surface area contributed by atoms with Gasteiger partial charge < -0.3 is 11.1 Å². The van der Waals surface area contributed by atoms with E-state index in [1.165, 1.54) is 0 Å². The van der Waals surface area contributed by atoms with E-state index in [1.807, 2.05) is 43.3 Å². The van der Waals surface area contributed by atoms with Crippen molar-refractivity contribution in [3.63, 3.8) is 0 Å². The Balaban J connectivity index is 2.16. The van der Waals surface area contributed by atoms with Gasteiger partial charge in [-0.1, -0.05) is 49.4 Å². The SMILES string of the molecule is CCc1cccc(C)c1NC(=O)Cc1ccccc1CN. The Bertz CT molecular complexity index is 635.